The van der Waals surface area contributed by atoms with Crippen LogP contribution in [-0.2, 0) is 4.74 Å². The number of carbonyl (C=O) groups is 1. The van der Waals surface area contributed by atoms with E-state index in [-0.39, 0.29) is 17.4 Å². The molecule has 1 amide bonds. The molecule has 1 saturated carbocycles. The highest BCUT2D eigenvalue weighted by Gasteiger charge is 2.48. The molecule has 0 aliphatic heterocycles. The highest BCUT2D eigenvalue weighted by molar-refractivity contribution is 5.96. The number of hydrogen-bond donors (Lipinski definition) is 3. The van der Waals surface area contributed by atoms with E-state index in [4.69, 9.17) is 10.5 Å². The first-order valence-electron chi connectivity index (χ1n) is 7.37. The van der Waals surface area contributed by atoms with Crippen molar-refractivity contribution in [2.45, 2.75) is 39.3 Å². The third kappa shape index (κ3) is 2.97. The molecule has 0 spiro atoms. The molecule has 2 rings (SSSR count). The molecule has 21 heavy (non-hydrogen) atoms. The van der Waals surface area contributed by atoms with E-state index in [0.717, 1.165) is 12.1 Å². The van der Waals surface area contributed by atoms with Gasteiger partial charge in [-0.2, -0.15) is 0 Å². The highest BCUT2D eigenvalue weighted by Crippen LogP contribution is 2.44. The smallest absolute Gasteiger partial charge is 0.251 e. The molecule has 116 valence electrons. The third-order valence-electron chi connectivity index (χ3n) is 4.44. The van der Waals surface area contributed by atoms with Gasteiger partial charge in [0, 0.05) is 30.7 Å². The summed E-state index contributed by atoms with van der Waals surface area (Å²) in [5, 5.41) is 6.23. The van der Waals surface area contributed by atoms with Gasteiger partial charge in [0.15, 0.2) is 0 Å². The Labute approximate surface area is 126 Å². The van der Waals surface area contributed by atoms with Crippen molar-refractivity contribution in [2.75, 3.05) is 24.7 Å². The summed E-state index contributed by atoms with van der Waals surface area (Å²) in [6, 6.07) is 5.70. The molecule has 0 aromatic heterocycles. The summed E-state index contributed by atoms with van der Waals surface area (Å²) in [6.45, 7) is 6.86. The second-order valence-corrected chi connectivity index (χ2v) is 6.14. The molecule has 1 aromatic rings. The molecule has 1 aliphatic rings. The number of ether oxygens (including phenoxy) is 1. The van der Waals surface area contributed by atoms with E-state index >= 15 is 0 Å². The Bertz CT molecular complexity index is 528. The third-order valence-corrected chi connectivity index (χ3v) is 4.44. The fourth-order valence-electron chi connectivity index (χ4n) is 2.82. The molecule has 0 saturated heterocycles. The first kappa shape index (κ1) is 15.6. The number of nitrogens with one attached hydrogen (secondary N) is 2. The largest absolute Gasteiger partial charge is 0.397 e. The van der Waals surface area contributed by atoms with Crippen molar-refractivity contribution < 1.29 is 9.53 Å². The SMILES string of the molecule is CCNC(=O)c1ccc(NC2CC(OC)C2(C)C)c(N)c1. The van der Waals surface area contributed by atoms with Crippen LogP contribution in [0.2, 0.25) is 0 Å². The second kappa shape index (κ2) is 5.93. The minimum absolute atomic E-state index is 0.0689. The number of methoxy groups -OCH3 is 1. The van der Waals surface area contributed by atoms with Gasteiger partial charge in [0.25, 0.3) is 5.91 Å². The van der Waals surface area contributed by atoms with Gasteiger partial charge >= 0.3 is 0 Å². The standard InChI is InChI=1S/C16H25N3O2/c1-5-18-15(20)10-6-7-12(11(17)8-10)19-13-9-14(21-4)16(13,2)3/h6-8,13-14,19H,5,9,17H2,1-4H3,(H,18,20). The molecule has 0 bridgehead atoms. The van der Waals surface area contributed by atoms with Gasteiger partial charge in [-0.15, -0.1) is 0 Å². The van der Waals surface area contributed by atoms with Gasteiger partial charge < -0.3 is 21.1 Å². The molecule has 0 heterocycles. The van der Waals surface area contributed by atoms with E-state index in [2.05, 4.69) is 24.5 Å². The Morgan fingerprint density at radius 3 is 2.71 bits per heavy atom. The molecule has 2 unspecified atom stereocenters. The lowest BCUT2D eigenvalue weighted by atomic mass is 9.64. The zero-order valence-electron chi connectivity index (χ0n) is 13.2. The Morgan fingerprint density at radius 2 is 2.19 bits per heavy atom. The zero-order chi connectivity index (χ0) is 15.6. The molecule has 1 fully saturated rings. The van der Waals surface area contributed by atoms with Crippen LogP contribution in [-0.4, -0.2) is 31.7 Å². The van der Waals surface area contributed by atoms with Crippen LogP contribution in [0.4, 0.5) is 11.4 Å². The maximum atomic E-state index is 11.8. The molecule has 0 radical (unpaired) electrons. The summed E-state index contributed by atoms with van der Waals surface area (Å²) in [5.74, 6) is -0.0980. The Balaban J connectivity index is 2.07. The maximum Gasteiger partial charge on any atom is 0.251 e. The van der Waals surface area contributed by atoms with Gasteiger partial charge in [-0.1, -0.05) is 13.8 Å². The molecular formula is C16H25N3O2. The lowest BCUT2D eigenvalue weighted by Gasteiger charge is -2.51. The minimum Gasteiger partial charge on any atom is -0.397 e. The van der Waals surface area contributed by atoms with Crippen molar-refractivity contribution in [1.82, 2.24) is 5.32 Å². The Hall–Kier alpha value is -1.75. The molecule has 4 N–H and O–H groups in total. The Morgan fingerprint density at radius 1 is 1.48 bits per heavy atom. The maximum absolute atomic E-state index is 11.8. The molecule has 2 atom stereocenters. The van der Waals surface area contributed by atoms with Crippen LogP contribution >= 0.6 is 0 Å². The topological polar surface area (TPSA) is 76.4 Å². The number of rotatable bonds is 5. The highest BCUT2D eigenvalue weighted by atomic mass is 16.5. The number of carbonyl (C=O) groups excluding carboxylic acids is 1. The fourth-order valence-corrected chi connectivity index (χ4v) is 2.82. The second-order valence-electron chi connectivity index (χ2n) is 6.14. The fraction of sp³-hybridized carbons (Fsp3) is 0.562. The van der Waals surface area contributed by atoms with Gasteiger partial charge in [-0.3, -0.25) is 4.79 Å². The van der Waals surface area contributed by atoms with E-state index in [1.165, 1.54) is 0 Å². The van der Waals surface area contributed by atoms with Gasteiger partial charge in [0.2, 0.25) is 0 Å². The van der Waals surface area contributed by atoms with Crippen LogP contribution in [0.5, 0.6) is 0 Å². The van der Waals surface area contributed by atoms with Crippen molar-refractivity contribution in [1.29, 1.82) is 0 Å². The number of anilines is 2. The number of benzene rings is 1. The van der Waals surface area contributed by atoms with E-state index < -0.39 is 0 Å². The first-order chi connectivity index (χ1) is 9.90. The van der Waals surface area contributed by atoms with E-state index in [1.54, 1.807) is 19.2 Å². The van der Waals surface area contributed by atoms with Crippen molar-refractivity contribution in [3.05, 3.63) is 23.8 Å². The normalized spacial score (nSPS) is 23.2. The minimum atomic E-state index is -0.0980. The van der Waals surface area contributed by atoms with Crippen LogP contribution < -0.4 is 16.4 Å². The van der Waals surface area contributed by atoms with Crippen LogP contribution in [0, 0.1) is 5.41 Å². The summed E-state index contributed by atoms with van der Waals surface area (Å²) >= 11 is 0. The number of amides is 1. The summed E-state index contributed by atoms with van der Waals surface area (Å²) in [7, 11) is 1.75. The quantitative estimate of drug-likeness (QED) is 0.727. The summed E-state index contributed by atoms with van der Waals surface area (Å²) < 4.78 is 5.45. The average Bonchev–Trinajstić information content (AvgIpc) is 2.44. The van der Waals surface area contributed by atoms with Gasteiger partial charge in [0.05, 0.1) is 17.5 Å². The van der Waals surface area contributed by atoms with E-state index in [1.807, 2.05) is 13.0 Å². The van der Waals surface area contributed by atoms with Crippen LogP contribution in [0.15, 0.2) is 18.2 Å². The van der Waals surface area contributed by atoms with Crippen LogP contribution in [0.25, 0.3) is 0 Å². The van der Waals surface area contributed by atoms with E-state index in [9.17, 15) is 4.79 Å². The summed E-state index contributed by atoms with van der Waals surface area (Å²) in [5.41, 5.74) is 8.18. The van der Waals surface area contributed by atoms with Crippen LogP contribution in [0.3, 0.4) is 0 Å². The number of nitrogens with two attached hydrogens (primary N) is 1. The van der Waals surface area contributed by atoms with Gasteiger partial charge in [-0.25, -0.2) is 0 Å². The van der Waals surface area contributed by atoms with Gasteiger partial charge in [-0.05, 0) is 31.5 Å². The lowest BCUT2D eigenvalue weighted by molar-refractivity contribution is -0.0794. The zero-order valence-corrected chi connectivity index (χ0v) is 13.2. The predicted molar refractivity (Wildman–Crippen MR) is 85.5 cm³/mol. The summed E-state index contributed by atoms with van der Waals surface area (Å²) in [6.07, 6.45) is 1.23. The molecule has 5 heteroatoms. The average molecular weight is 291 g/mol. The van der Waals surface area contributed by atoms with Crippen molar-refractivity contribution in [3.8, 4) is 0 Å². The van der Waals surface area contributed by atoms with Crippen molar-refractivity contribution >= 4 is 17.3 Å². The Kier molecular flexibility index (Phi) is 4.42. The predicted octanol–water partition coefficient (Wildman–Crippen LogP) is 2.24. The lowest BCUT2D eigenvalue weighted by Crippen LogP contribution is -2.57. The monoisotopic (exact) mass is 291 g/mol. The molecular weight excluding hydrogens is 266 g/mol. The number of hydrogen-bond acceptors (Lipinski definition) is 4. The summed E-state index contributed by atoms with van der Waals surface area (Å²) in [4.78, 5) is 11.8. The van der Waals surface area contributed by atoms with Crippen molar-refractivity contribution in [3.63, 3.8) is 0 Å². The molecule has 1 aromatic carbocycles. The van der Waals surface area contributed by atoms with Crippen LogP contribution in [0.1, 0.15) is 37.6 Å². The number of nitrogen functional groups attached to an aromatic ring is 1. The van der Waals surface area contributed by atoms with Crippen molar-refractivity contribution in [2.24, 2.45) is 5.41 Å². The van der Waals surface area contributed by atoms with Gasteiger partial charge in [0.1, 0.15) is 0 Å². The molecule has 5 nitrogen and oxygen atoms in total. The first-order valence-corrected chi connectivity index (χ1v) is 7.37. The molecule has 1 aliphatic carbocycles. The van der Waals surface area contributed by atoms with E-state index in [0.29, 0.717) is 23.8 Å².